The highest BCUT2D eigenvalue weighted by Crippen LogP contribution is 2.34. The molecule has 2 unspecified atom stereocenters. The molecule has 1 aliphatic rings. The zero-order chi connectivity index (χ0) is 11.5. The van der Waals surface area contributed by atoms with E-state index in [1.165, 1.54) is 0 Å². The maximum atomic E-state index is 11.2. The van der Waals surface area contributed by atoms with Crippen LogP contribution >= 0.6 is 0 Å². The van der Waals surface area contributed by atoms with Crippen molar-refractivity contribution in [2.75, 3.05) is 26.2 Å². The summed E-state index contributed by atoms with van der Waals surface area (Å²) in [7, 11) is 0. The lowest BCUT2D eigenvalue weighted by Crippen LogP contribution is -2.35. The number of carboxylic acid groups (broad SMARTS) is 1. The fraction of sp³-hybridized carbons (Fsp3) is 0.909. The first-order chi connectivity index (χ1) is 7.04. The third-order valence-corrected chi connectivity index (χ3v) is 3.44. The number of aliphatic carboxylic acids is 1. The van der Waals surface area contributed by atoms with Gasteiger partial charge in [0, 0.05) is 19.7 Å². The molecular weight excluding hydrogens is 194 g/mol. The van der Waals surface area contributed by atoms with Crippen LogP contribution < -0.4 is 0 Å². The van der Waals surface area contributed by atoms with Crippen LogP contribution in [0.3, 0.4) is 0 Å². The summed E-state index contributed by atoms with van der Waals surface area (Å²) in [4.78, 5) is 13.3. The number of aliphatic hydroxyl groups is 1. The molecule has 1 fully saturated rings. The standard InChI is InChI=1S/C11H21NO3/c1-3-11(10(14)15)4-5-12(8-11)6-9(2)7-13/h9,13H,3-8H2,1-2H3,(H,14,15). The number of carboxylic acids is 1. The summed E-state index contributed by atoms with van der Waals surface area (Å²) in [5.41, 5.74) is -0.546. The lowest BCUT2D eigenvalue weighted by atomic mass is 9.84. The Balaban J connectivity index is 2.53. The van der Waals surface area contributed by atoms with Crippen molar-refractivity contribution < 1.29 is 15.0 Å². The molecule has 2 atom stereocenters. The quantitative estimate of drug-likeness (QED) is 0.712. The van der Waals surface area contributed by atoms with E-state index >= 15 is 0 Å². The maximum Gasteiger partial charge on any atom is 0.310 e. The predicted octanol–water partition coefficient (Wildman–Crippen LogP) is 0.802. The lowest BCUT2D eigenvalue weighted by Gasteiger charge is -2.24. The first kappa shape index (κ1) is 12.5. The van der Waals surface area contributed by atoms with Crippen molar-refractivity contribution in [3.05, 3.63) is 0 Å². The largest absolute Gasteiger partial charge is 0.481 e. The average molecular weight is 215 g/mol. The van der Waals surface area contributed by atoms with Gasteiger partial charge in [-0.05, 0) is 25.3 Å². The molecule has 1 aliphatic heterocycles. The van der Waals surface area contributed by atoms with E-state index in [0.29, 0.717) is 13.0 Å². The van der Waals surface area contributed by atoms with Gasteiger partial charge in [0.05, 0.1) is 5.41 Å². The fourth-order valence-corrected chi connectivity index (χ4v) is 2.23. The number of likely N-dealkylation sites (tertiary alicyclic amines) is 1. The fourth-order valence-electron chi connectivity index (χ4n) is 2.23. The smallest absolute Gasteiger partial charge is 0.310 e. The van der Waals surface area contributed by atoms with Gasteiger partial charge in [-0.2, -0.15) is 0 Å². The molecule has 88 valence electrons. The highest BCUT2D eigenvalue weighted by molar-refractivity contribution is 5.75. The summed E-state index contributed by atoms with van der Waals surface area (Å²) in [5, 5.41) is 18.1. The van der Waals surface area contributed by atoms with E-state index < -0.39 is 11.4 Å². The molecule has 0 aromatic carbocycles. The highest BCUT2D eigenvalue weighted by atomic mass is 16.4. The second kappa shape index (κ2) is 4.94. The van der Waals surface area contributed by atoms with Crippen LogP contribution in [0.4, 0.5) is 0 Å². The molecule has 0 amide bonds. The minimum absolute atomic E-state index is 0.169. The SMILES string of the molecule is CCC1(C(=O)O)CCN(CC(C)CO)C1. The molecule has 0 aromatic heterocycles. The van der Waals surface area contributed by atoms with Crippen LogP contribution in [0.25, 0.3) is 0 Å². The number of aliphatic hydroxyl groups excluding tert-OH is 1. The van der Waals surface area contributed by atoms with Crippen molar-refractivity contribution in [2.45, 2.75) is 26.7 Å². The van der Waals surface area contributed by atoms with E-state index in [9.17, 15) is 9.90 Å². The molecule has 2 N–H and O–H groups in total. The monoisotopic (exact) mass is 215 g/mol. The first-order valence-electron chi connectivity index (χ1n) is 5.60. The molecule has 1 rings (SSSR count). The van der Waals surface area contributed by atoms with Gasteiger partial charge >= 0.3 is 5.97 Å². The van der Waals surface area contributed by atoms with Crippen LogP contribution in [0.2, 0.25) is 0 Å². The van der Waals surface area contributed by atoms with Crippen LogP contribution in [0.1, 0.15) is 26.7 Å². The second-order valence-electron chi connectivity index (χ2n) is 4.71. The van der Waals surface area contributed by atoms with Crippen molar-refractivity contribution in [1.82, 2.24) is 4.90 Å². The highest BCUT2D eigenvalue weighted by Gasteiger charge is 2.43. The summed E-state index contributed by atoms with van der Waals surface area (Å²) in [5.74, 6) is -0.449. The Morgan fingerprint density at radius 3 is 2.67 bits per heavy atom. The van der Waals surface area contributed by atoms with Crippen molar-refractivity contribution in [2.24, 2.45) is 11.3 Å². The maximum absolute atomic E-state index is 11.2. The molecule has 0 spiro atoms. The van der Waals surface area contributed by atoms with Gasteiger partial charge in [-0.1, -0.05) is 13.8 Å². The second-order valence-corrected chi connectivity index (χ2v) is 4.71. The summed E-state index contributed by atoms with van der Waals surface area (Å²) in [6.07, 6.45) is 1.42. The topological polar surface area (TPSA) is 60.8 Å². The van der Waals surface area contributed by atoms with Gasteiger partial charge in [-0.15, -0.1) is 0 Å². The van der Waals surface area contributed by atoms with Crippen LogP contribution in [-0.2, 0) is 4.79 Å². The summed E-state index contributed by atoms with van der Waals surface area (Å²) < 4.78 is 0. The third-order valence-electron chi connectivity index (χ3n) is 3.44. The predicted molar refractivity (Wildman–Crippen MR) is 57.7 cm³/mol. The molecule has 15 heavy (non-hydrogen) atoms. The van der Waals surface area contributed by atoms with Crippen molar-refractivity contribution in [3.8, 4) is 0 Å². The van der Waals surface area contributed by atoms with Gasteiger partial charge in [-0.25, -0.2) is 0 Å². The van der Waals surface area contributed by atoms with Crippen molar-refractivity contribution >= 4 is 5.97 Å². The Morgan fingerprint density at radius 1 is 1.60 bits per heavy atom. The molecule has 1 saturated heterocycles. The van der Waals surface area contributed by atoms with Crippen LogP contribution in [0.5, 0.6) is 0 Å². The molecule has 0 radical (unpaired) electrons. The Kier molecular flexibility index (Phi) is 4.11. The molecule has 0 bridgehead atoms. The molecule has 0 saturated carbocycles. The molecular formula is C11H21NO3. The van der Waals surface area contributed by atoms with E-state index in [0.717, 1.165) is 19.5 Å². The molecule has 4 nitrogen and oxygen atoms in total. The number of hydrogen-bond donors (Lipinski definition) is 2. The van der Waals surface area contributed by atoms with Crippen LogP contribution in [0, 0.1) is 11.3 Å². The van der Waals surface area contributed by atoms with E-state index in [1.807, 2.05) is 13.8 Å². The van der Waals surface area contributed by atoms with Crippen molar-refractivity contribution in [3.63, 3.8) is 0 Å². The van der Waals surface area contributed by atoms with E-state index in [2.05, 4.69) is 4.90 Å². The Hall–Kier alpha value is -0.610. The first-order valence-corrected chi connectivity index (χ1v) is 5.60. The third kappa shape index (κ3) is 2.69. The average Bonchev–Trinajstić information content (AvgIpc) is 2.62. The van der Waals surface area contributed by atoms with Gasteiger partial charge in [0.15, 0.2) is 0 Å². The van der Waals surface area contributed by atoms with Gasteiger partial charge < -0.3 is 15.1 Å². The van der Waals surface area contributed by atoms with E-state index in [-0.39, 0.29) is 12.5 Å². The minimum atomic E-state index is -0.677. The summed E-state index contributed by atoms with van der Waals surface area (Å²) in [6, 6.07) is 0. The minimum Gasteiger partial charge on any atom is -0.481 e. The van der Waals surface area contributed by atoms with E-state index in [4.69, 9.17) is 5.11 Å². The Bertz CT molecular complexity index is 232. The zero-order valence-electron chi connectivity index (χ0n) is 9.57. The van der Waals surface area contributed by atoms with Gasteiger partial charge in [-0.3, -0.25) is 4.79 Å². The summed E-state index contributed by atoms with van der Waals surface area (Å²) in [6.45, 7) is 6.35. The molecule has 0 aliphatic carbocycles. The van der Waals surface area contributed by atoms with Crippen LogP contribution in [-0.4, -0.2) is 47.3 Å². The Labute approximate surface area is 90.9 Å². The molecule has 1 heterocycles. The number of rotatable bonds is 5. The Morgan fingerprint density at radius 2 is 2.27 bits per heavy atom. The van der Waals surface area contributed by atoms with Gasteiger partial charge in [0.2, 0.25) is 0 Å². The van der Waals surface area contributed by atoms with Gasteiger partial charge in [0.25, 0.3) is 0 Å². The number of carbonyl (C=O) groups is 1. The molecule has 0 aromatic rings. The van der Waals surface area contributed by atoms with E-state index in [1.54, 1.807) is 0 Å². The zero-order valence-corrected chi connectivity index (χ0v) is 9.57. The number of nitrogens with zero attached hydrogens (tertiary/aromatic N) is 1. The normalized spacial score (nSPS) is 29.3. The lowest BCUT2D eigenvalue weighted by molar-refractivity contribution is -0.148. The van der Waals surface area contributed by atoms with Crippen molar-refractivity contribution in [1.29, 1.82) is 0 Å². The van der Waals surface area contributed by atoms with Gasteiger partial charge in [0.1, 0.15) is 0 Å². The molecule has 4 heteroatoms. The number of hydrogen-bond acceptors (Lipinski definition) is 3. The van der Waals surface area contributed by atoms with Crippen LogP contribution in [0.15, 0.2) is 0 Å². The summed E-state index contributed by atoms with van der Waals surface area (Å²) >= 11 is 0.